The lowest BCUT2D eigenvalue weighted by atomic mass is 10.1. The number of aromatic amines is 1. The first-order chi connectivity index (χ1) is 14.5. The van der Waals surface area contributed by atoms with Crippen molar-refractivity contribution in [2.45, 2.75) is 13.5 Å². The number of anilines is 1. The quantitative estimate of drug-likeness (QED) is 0.307. The minimum Gasteiger partial charge on any atom is -0.355 e. The van der Waals surface area contributed by atoms with Crippen molar-refractivity contribution in [3.63, 3.8) is 0 Å². The Morgan fingerprint density at radius 3 is 3.07 bits per heavy atom. The van der Waals surface area contributed by atoms with Crippen molar-refractivity contribution >= 4 is 46.2 Å². The van der Waals surface area contributed by atoms with Gasteiger partial charge >= 0.3 is 0 Å². The minimum absolute atomic E-state index is 0.133. The van der Waals surface area contributed by atoms with E-state index < -0.39 is 5.91 Å². The van der Waals surface area contributed by atoms with Gasteiger partial charge in [0.25, 0.3) is 5.91 Å². The number of carbonyl (C=O) groups is 1. The SMILES string of the molecule is C=CCn1c(-c2sc(NC(=O)c3cc(-c4cccc(Cl)c4)on3)nc2C)n[nH]c1=S. The number of thiazole rings is 1. The molecule has 0 fully saturated rings. The fourth-order valence-corrected chi connectivity index (χ4v) is 4.13. The Bertz CT molecular complexity index is 1300. The number of amides is 1. The molecule has 0 saturated heterocycles. The molecule has 4 rings (SSSR count). The number of nitrogens with zero attached hydrogens (tertiary/aromatic N) is 4. The van der Waals surface area contributed by atoms with Gasteiger partial charge in [-0.15, -0.1) is 6.58 Å². The number of hydrogen-bond donors (Lipinski definition) is 2. The van der Waals surface area contributed by atoms with Crippen LogP contribution >= 0.6 is 35.2 Å². The molecule has 3 aromatic heterocycles. The minimum atomic E-state index is -0.433. The number of H-pyrrole nitrogens is 1. The monoisotopic (exact) mass is 458 g/mol. The highest BCUT2D eigenvalue weighted by Gasteiger charge is 2.19. The van der Waals surface area contributed by atoms with Crippen LogP contribution in [0, 0.1) is 11.7 Å². The van der Waals surface area contributed by atoms with Crippen LogP contribution in [0.2, 0.25) is 5.02 Å². The van der Waals surface area contributed by atoms with Gasteiger partial charge in [-0.1, -0.05) is 46.3 Å². The molecule has 30 heavy (non-hydrogen) atoms. The summed E-state index contributed by atoms with van der Waals surface area (Å²) in [5.74, 6) is 0.649. The van der Waals surface area contributed by atoms with Crippen LogP contribution in [0.1, 0.15) is 16.2 Å². The molecule has 0 spiro atoms. The van der Waals surface area contributed by atoms with Gasteiger partial charge in [0.2, 0.25) is 0 Å². The molecule has 0 unspecified atom stereocenters. The van der Waals surface area contributed by atoms with E-state index in [9.17, 15) is 4.79 Å². The summed E-state index contributed by atoms with van der Waals surface area (Å²) in [7, 11) is 0. The van der Waals surface area contributed by atoms with Crippen LogP contribution in [-0.4, -0.2) is 30.8 Å². The number of halogens is 1. The van der Waals surface area contributed by atoms with Crippen molar-refractivity contribution in [1.82, 2.24) is 24.9 Å². The van der Waals surface area contributed by atoms with E-state index in [4.69, 9.17) is 28.3 Å². The molecule has 3 heterocycles. The molecule has 8 nitrogen and oxygen atoms in total. The highest BCUT2D eigenvalue weighted by atomic mass is 35.5. The van der Waals surface area contributed by atoms with Crippen LogP contribution in [0.25, 0.3) is 22.0 Å². The summed E-state index contributed by atoms with van der Waals surface area (Å²) in [5.41, 5.74) is 1.58. The van der Waals surface area contributed by atoms with Gasteiger partial charge in [0.15, 0.2) is 27.2 Å². The molecule has 0 atom stereocenters. The Balaban J connectivity index is 1.56. The van der Waals surface area contributed by atoms with Crippen LogP contribution in [0.15, 0.2) is 47.5 Å². The van der Waals surface area contributed by atoms with Crippen molar-refractivity contribution in [2.24, 2.45) is 0 Å². The summed E-state index contributed by atoms with van der Waals surface area (Å²) in [6.45, 7) is 6.09. The van der Waals surface area contributed by atoms with Crippen molar-refractivity contribution in [1.29, 1.82) is 0 Å². The van der Waals surface area contributed by atoms with Crippen molar-refractivity contribution in [3.05, 3.63) is 64.2 Å². The number of hydrogen-bond acceptors (Lipinski definition) is 7. The number of carbonyl (C=O) groups excluding carboxylic acids is 1. The van der Waals surface area contributed by atoms with E-state index in [0.717, 1.165) is 16.1 Å². The van der Waals surface area contributed by atoms with Gasteiger partial charge in [0.1, 0.15) is 0 Å². The van der Waals surface area contributed by atoms with Crippen LogP contribution in [0.5, 0.6) is 0 Å². The smallest absolute Gasteiger partial charge is 0.279 e. The van der Waals surface area contributed by atoms with Crippen LogP contribution in [0.4, 0.5) is 5.13 Å². The van der Waals surface area contributed by atoms with E-state index in [2.05, 4.69) is 32.2 Å². The number of aryl methyl sites for hydroxylation is 1. The number of rotatable bonds is 6. The van der Waals surface area contributed by atoms with Crippen molar-refractivity contribution in [3.8, 4) is 22.0 Å². The molecule has 1 amide bonds. The van der Waals surface area contributed by atoms with E-state index in [-0.39, 0.29) is 5.69 Å². The maximum absolute atomic E-state index is 12.6. The molecule has 0 bridgehead atoms. The first kappa shape index (κ1) is 20.2. The molecule has 0 saturated carbocycles. The third-order valence-electron chi connectivity index (χ3n) is 4.14. The maximum Gasteiger partial charge on any atom is 0.279 e. The highest BCUT2D eigenvalue weighted by Crippen LogP contribution is 2.32. The van der Waals surface area contributed by atoms with Crippen LogP contribution in [-0.2, 0) is 6.54 Å². The van der Waals surface area contributed by atoms with Crippen LogP contribution < -0.4 is 5.32 Å². The zero-order valence-electron chi connectivity index (χ0n) is 15.7. The second-order valence-corrected chi connectivity index (χ2v) is 8.05. The average Bonchev–Trinajstić information content (AvgIpc) is 3.42. The Morgan fingerprint density at radius 1 is 1.47 bits per heavy atom. The molecule has 0 aliphatic rings. The zero-order valence-corrected chi connectivity index (χ0v) is 18.1. The summed E-state index contributed by atoms with van der Waals surface area (Å²) in [6, 6.07) is 8.65. The zero-order chi connectivity index (χ0) is 21.3. The molecule has 4 aromatic rings. The summed E-state index contributed by atoms with van der Waals surface area (Å²) in [6.07, 6.45) is 1.73. The lowest BCUT2D eigenvalue weighted by molar-refractivity contribution is 0.101. The van der Waals surface area contributed by atoms with Gasteiger partial charge in [0, 0.05) is 23.2 Å². The van der Waals surface area contributed by atoms with E-state index in [1.807, 2.05) is 17.6 Å². The van der Waals surface area contributed by atoms with Crippen molar-refractivity contribution in [2.75, 3.05) is 5.32 Å². The van der Waals surface area contributed by atoms with Gasteiger partial charge in [-0.2, -0.15) is 5.10 Å². The lowest BCUT2D eigenvalue weighted by Crippen LogP contribution is -2.11. The molecule has 11 heteroatoms. The largest absolute Gasteiger partial charge is 0.355 e. The number of nitrogens with one attached hydrogen (secondary N) is 2. The molecular formula is C19H15ClN6O2S2. The first-order valence-electron chi connectivity index (χ1n) is 8.74. The molecule has 1 aromatic carbocycles. The summed E-state index contributed by atoms with van der Waals surface area (Å²) < 4.78 is 7.58. The van der Waals surface area contributed by atoms with E-state index in [1.165, 1.54) is 11.3 Å². The first-order valence-corrected chi connectivity index (χ1v) is 10.3. The normalized spacial score (nSPS) is 10.9. The molecule has 0 radical (unpaired) electrons. The topological polar surface area (TPSA) is 102 Å². The van der Waals surface area contributed by atoms with Crippen molar-refractivity contribution < 1.29 is 9.32 Å². The standard InChI is InChI=1S/C19H15ClN6O2S2/c1-3-7-26-16(23-24-19(26)29)15-10(2)21-18(30-15)22-17(27)13-9-14(28-25-13)11-5-4-6-12(20)8-11/h3-6,8-9H,1,7H2,2H3,(H,24,29)(H,21,22,27). The van der Waals surface area contributed by atoms with Crippen LogP contribution in [0.3, 0.4) is 0 Å². The third kappa shape index (κ3) is 3.97. The molecule has 152 valence electrons. The predicted octanol–water partition coefficient (Wildman–Crippen LogP) is 5.12. The molecular weight excluding hydrogens is 444 g/mol. The van der Waals surface area contributed by atoms with Gasteiger partial charge < -0.3 is 4.52 Å². The highest BCUT2D eigenvalue weighted by molar-refractivity contribution is 7.71. The predicted molar refractivity (Wildman–Crippen MR) is 118 cm³/mol. The lowest BCUT2D eigenvalue weighted by Gasteiger charge is -2.01. The Morgan fingerprint density at radius 2 is 2.30 bits per heavy atom. The molecule has 2 N–H and O–H groups in total. The average molecular weight is 459 g/mol. The van der Waals surface area contributed by atoms with Gasteiger partial charge in [-0.3, -0.25) is 19.8 Å². The Hall–Kier alpha value is -3.08. The second-order valence-electron chi connectivity index (χ2n) is 6.23. The maximum atomic E-state index is 12.6. The fraction of sp³-hybridized carbons (Fsp3) is 0.105. The second kappa shape index (κ2) is 8.34. The summed E-state index contributed by atoms with van der Waals surface area (Å²) >= 11 is 12.6. The van der Waals surface area contributed by atoms with Gasteiger partial charge in [-0.25, -0.2) is 4.98 Å². The Kier molecular flexibility index (Phi) is 5.62. The van der Waals surface area contributed by atoms with E-state index >= 15 is 0 Å². The van der Waals surface area contributed by atoms with Gasteiger partial charge in [-0.05, 0) is 31.3 Å². The third-order valence-corrected chi connectivity index (χ3v) is 5.76. The van der Waals surface area contributed by atoms with E-state index in [1.54, 1.807) is 30.3 Å². The number of benzene rings is 1. The van der Waals surface area contributed by atoms with Gasteiger partial charge in [0.05, 0.1) is 10.6 Å². The number of aromatic nitrogens is 5. The molecule has 0 aliphatic heterocycles. The summed E-state index contributed by atoms with van der Waals surface area (Å²) in [5, 5.41) is 14.6. The molecule has 0 aliphatic carbocycles. The number of allylic oxidation sites excluding steroid dienone is 1. The fourth-order valence-electron chi connectivity index (χ4n) is 2.77. The van der Waals surface area contributed by atoms with E-state index in [0.29, 0.717) is 33.1 Å². The Labute approximate surface area is 185 Å². The summed E-state index contributed by atoms with van der Waals surface area (Å²) in [4.78, 5) is 17.8.